The van der Waals surface area contributed by atoms with Gasteiger partial charge in [-0.3, -0.25) is 0 Å². The van der Waals surface area contributed by atoms with E-state index in [1.165, 1.54) is 5.56 Å². The van der Waals surface area contributed by atoms with Gasteiger partial charge in [-0.25, -0.2) is 0 Å². The summed E-state index contributed by atoms with van der Waals surface area (Å²) in [5, 5.41) is 0. The molecule has 0 unspecified atom stereocenters. The van der Waals surface area contributed by atoms with Gasteiger partial charge in [-0.1, -0.05) is 62.9 Å². The summed E-state index contributed by atoms with van der Waals surface area (Å²) in [7, 11) is 0. The fourth-order valence-corrected chi connectivity index (χ4v) is 1.72. The van der Waals surface area contributed by atoms with E-state index in [9.17, 15) is 0 Å². The Morgan fingerprint density at radius 1 is 0.700 bits per heavy atom. The molecule has 20 heavy (non-hydrogen) atoms. The van der Waals surface area contributed by atoms with Crippen LogP contribution in [0.25, 0.3) is 0 Å². The molecule has 0 heterocycles. The van der Waals surface area contributed by atoms with Crippen molar-refractivity contribution in [1.82, 2.24) is 0 Å². The van der Waals surface area contributed by atoms with E-state index in [0.717, 1.165) is 11.1 Å². The molecular formula is C19H21Y-. The Labute approximate surface area is 148 Å². The molecule has 0 amide bonds. The predicted octanol–water partition coefficient (Wildman–Crippen LogP) is 4.83. The fourth-order valence-electron chi connectivity index (χ4n) is 1.72. The molecule has 2 rings (SSSR count). The maximum absolute atomic E-state index is 3.19. The quantitative estimate of drug-likeness (QED) is 0.477. The third-order valence-corrected chi connectivity index (χ3v) is 2.88. The first-order chi connectivity index (χ1) is 8.55. The topological polar surface area (TPSA) is 0 Å². The van der Waals surface area contributed by atoms with Gasteiger partial charge in [0.25, 0.3) is 0 Å². The van der Waals surface area contributed by atoms with Crippen LogP contribution < -0.4 is 0 Å². The van der Waals surface area contributed by atoms with Gasteiger partial charge in [0.15, 0.2) is 0 Å². The van der Waals surface area contributed by atoms with Crippen LogP contribution in [0, 0.1) is 19.3 Å². The number of rotatable bonds is 0. The van der Waals surface area contributed by atoms with Crippen LogP contribution in [0.1, 0.15) is 37.5 Å². The van der Waals surface area contributed by atoms with Crippen molar-refractivity contribution in [3.8, 4) is 11.8 Å². The van der Waals surface area contributed by atoms with E-state index in [1.807, 2.05) is 30.3 Å². The normalized spacial score (nSPS) is 9.55. The van der Waals surface area contributed by atoms with E-state index in [2.05, 4.69) is 56.9 Å². The zero-order valence-electron chi connectivity index (χ0n) is 12.8. The van der Waals surface area contributed by atoms with Crippen molar-refractivity contribution < 1.29 is 32.7 Å². The van der Waals surface area contributed by atoms with E-state index in [-0.39, 0.29) is 45.6 Å². The molecule has 1 heteroatoms. The standard InChI is InChI=1S/C18H18.CH3.Y/c1-18(2,3)17-13-11-16(12-14-17)10-9-15-7-5-4-6-8-15;;/h4-8,11-14H,1-3H3;1H3;/q;-1;. The van der Waals surface area contributed by atoms with Crippen molar-refractivity contribution in [3.05, 3.63) is 78.7 Å². The smallest absolute Gasteiger partial charge is 0.0249 e. The second kappa shape index (κ2) is 8.40. The van der Waals surface area contributed by atoms with Gasteiger partial charge in [0, 0.05) is 43.8 Å². The molecule has 0 nitrogen and oxygen atoms in total. The van der Waals surface area contributed by atoms with Gasteiger partial charge >= 0.3 is 0 Å². The molecule has 0 N–H and O–H groups in total. The number of hydrogen-bond donors (Lipinski definition) is 0. The molecule has 2 aromatic carbocycles. The Morgan fingerprint density at radius 3 is 1.60 bits per heavy atom. The maximum Gasteiger partial charge on any atom is 0.0249 e. The van der Waals surface area contributed by atoms with E-state index < -0.39 is 0 Å². The van der Waals surface area contributed by atoms with Gasteiger partial charge in [0.1, 0.15) is 0 Å². The first kappa shape index (κ1) is 19.1. The molecule has 0 aliphatic heterocycles. The van der Waals surface area contributed by atoms with Gasteiger partial charge in [0.2, 0.25) is 0 Å². The van der Waals surface area contributed by atoms with Crippen LogP contribution in [0.15, 0.2) is 54.6 Å². The van der Waals surface area contributed by atoms with Crippen molar-refractivity contribution in [2.75, 3.05) is 0 Å². The Morgan fingerprint density at radius 2 is 1.15 bits per heavy atom. The first-order valence-electron chi connectivity index (χ1n) is 6.23. The van der Waals surface area contributed by atoms with Crippen molar-refractivity contribution >= 4 is 0 Å². The van der Waals surface area contributed by atoms with Crippen molar-refractivity contribution in [2.45, 2.75) is 26.2 Å². The molecule has 0 atom stereocenters. The zero-order chi connectivity index (χ0) is 13.0. The minimum absolute atomic E-state index is 0. The second-order valence-electron chi connectivity index (χ2n) is 5.44. The minimum Gasteiger partial charge on any atom is -0.358 e. The monoisotopic (exact) mass is 338 g/mol. The molecule has 0 spiro atoms. The van der Waals surface area contributed by atoms with Crippen LogP contribution in [0.3, 0.4) is 0 Å². The summed E-state index contributed by atoms with van der Waals surface area (Å²) >= 11 is 0. The maximum atomic E-state index is 3.19. The summed E-state index contributed by atoms with van der Waals surface area (Å²) < 4.78 is 0. The van der Waals surface area contributed by atoms with Gasteiger partial charge in [0.05, 0.1) is 0 Å². The Bertz CT molecular complexity index is 563. The summed E-state index contributed by atoms with van der Waals surface area (Å²) in [5.74, 6) is 6.36. The molecule has 0 fully saturated rings. The molecule has 0 saturated heterocycles. The second-order valence-corrected chi connectivity index (χ2v) is 5.44. The Balaban J connectivity index is 0.00000180. The molecule has 0 aromatic heterocycles. The van der Waals surface area contributed by atoms with Crippen LogP contribution in [-0.2, 0) is 38.1 Å². The molecule has 1 radical (unpaired) electrons. The average molecular weight is 338 g/mol. The predicted molar refractivity (Wildman–Crippen MR) is 84.0 cm³/mol. The van der Waals surface area contributed by atoms with Crippen molar-refractivity contribution in [2.24, 2.45) is 0 Å². The van der Waals surface area contributed by atoms with Crippen LogP contribution in [0.5, 0.6) is 0 Å². The molecule has 0 aliphatic carbocycles. The molecule has 2 aromatic rings. The Hall–Kier alpha value is -0.896. The van der Waals surface area contributed by atoms with Crippen LogP contribution >= 0.6 is 0 Å². The largest absolute Gasteiger partial charge is 0.358 e. The molecule has 0 aliphatic rings. The number of hydrogen-bond acceptors (Lipinski definition) is 0. The molecule has 101 valence electrons. The van der Waals surface area contributed by atoms with Crippen molar-refractivity contribution in [3.63, 3.8) is 0 Å². The molecule has 0 bridgehead atoms. The number of benzene rings is 2. The van der Waals surface area contributed by atoms with E-state index in [4.69, 9.17) is 0 Å². The first-order valence-corrected chi connectivity index (χ1v) is 6.23. The van der Waals surface area contributed by atoms with Gasteiger partial charge in [-0.15, -0.1) is 0 Å². The van der Waals surface area contributed by atoms with Gasteiger partial charge in [-0.2, -0.15) is 0 Å². The SMILES string of the molecule is CC(C)(C)c1ccc(C#Cc2ccccc2)cc1.[CH3-].[Y]. The summed E-state index contributed by atoms with van der Waals surface area (Å²) in [6, 6.07) is 18.6. The van der Waals surface area contributed by atoms with Crippen molar-refractivity contribution in [1.29, 1.82) is 0 Å². The van der Waals surface area contributed by atoms with Gasteiger partial charge < -0.3 is 7.43 Å². The average Bonchev–Trinajstić information content (AvgIpc) is 2.37. The summed E-state index contributed by atoms with van der Waals surface area (Å²) in [4.78, 5) is 0. The summed E-state index contributed by atoms with van der Waals surface area (Å²) in [6.45, 7) is 6.66. The fraction of sp³-hybridized carbons (Fsp3) is 0.211. The molecule has 0 saturated carbocycles. The summed E-state index contributed by atoms with van der Waals surface area (Å²) in [5.41, 5.74) is 3.66. The van der Waals surface area contributed by atoms with Crippen LogP contribution in [0.2, 0.25) is 0 Å². The van der Waals surface area contributed by atoms with Crippen LogP contribution in [0.4, 0.5) is 0 Å². The van der Waals surface area contributed by atoms with E-state index in [0.29, 0.717) is 0 Å². The van der Waals surface area contributed by atoms with E-state index in [1.54, 1.807) is 0 Å². The zero-order valence-corrected chi connectivity index (χ0v) is 15.6. The third kappa shape index (κ3) is 5.62. The molecular weight excluding hydrogens is 317 g/mol. The van der Waals surface area contributed by atoms with Crippen LogP contribution in [-0.4, -0.2) is 0 Å². The third-order valence-electron chi connectivity index (χ3n) is 2.88. The van der Waals surface area contributed by atoms with Gasteiger partial charge in [-0.05, 0) is 35.2 Å². The Kier molecular flexibility index (Phi) is 8.03. The summed E-state index contributed by atoms with van der Waals surface area (Å²) in [6.07, 6.45) is 0. The minimum atomic E-state index is 0. The van der Waals surface area contributed by atoms with E-state index >= 15 is 0 Å².